The molecule has 1 spiro atoms. The molecule has 0 aromatic heterocycles. The van der Waals surface area contributed by atoms with E-state index in [-0.39, 0.29) is 5.91 Å². The molecule has 1 amide bonds. The average Bonchev–Trinajstić information content (AvgIpc) is 3.21. The number of amides is 1. The molecule has 3 saturated heterocycles. The van der Waals surface area contributed by atoms with Gasteiger partial charge < -0.3 is 14.7 Å². The predicted molar refractivity (Wildman–Crippen MR) is 78.2 cm³/mol. The van der Waals surface area contributed by atoms with Crippen molar-refractivity contribution in [1.82, 2.24) is 9.80 Å². The highest BCUT2D eigenvalue weighted by molar-refractivity contribution is 5.90. The quantitative estimate of drug-likeness (QED) is 0.758. The summed E-state index contributed by atoms with van der Waals surface area (Å²) in [5.74, 6) is -2.24. The number of likely N-dealkylation sites (N-methyl/N-ethyl adjacent to an activating group) is 1. The Kier molecular flexibility index (Phi) is 3.10. The molecule has 2 bridgehead atoms. The molecule has 120 valence electrons. The van der Waals surface area contributed by atoms with Crippen LogP contribution in [0.5, 0.6) is 0 Å². The van der Waals surface area contributed by atoms with E-state index >= 15 is 0 Å². The van der Waals surface area contributed by atoms with Gasteiger partial charge >= 0.3 is 5.97 Å². The van der Waals surface area contributed by atoms with E-state index in [4.69, 9.17) is 4.74 Å². The van der Waals surface area contributed by atoms with Crippen LogP contribution in [0.15, 0.2) is 12.2 Å². The molecule has 4 rings (SSSR count). The summed E-state index contributed by atoms with van der Waals surface area (Å²) >= 11 is 0. The molecule has 3 fully saturated rings. The van der Waals surface area contributed by atoms with Gasteiger partial charge in [-0.05, 0) is 25.9 Å². The molecular weight excluding hydrogens is 284 g/mol. The first kappa shape index (κ1) is 14.2. The molecule has 0 aliphatic carbocycles. The lowest BCUT2D eigenvalue weighted by Gasteiger charge is -2.29. The molecule has 22 heavy (non-hydrogen) atoms. The van der Waals surface area contributed by atoms with Gasteiger partial charge in [0.05, 0.1) is 18.6 Å². The molecule has 0 saturated carbocycles. The average molecular weight is 306 g/mol. The Morgan fingerprint density at radius 2 is 2.36 bits per heavy atom. The van der Waals surface area contributed by atoms with E-state index in [1.807, 2.05) is 17.1 Å². The smallest absolute Gasteiger partial charge is 0.310 e. The Morgan fingerprint density at radius 1 is 1.55 bits per heavy atom. The maximum Gasteiger partial charge on any atom is 0.310 e. The molecule has 1 N–H and O–H groups in total. The first-order valence-electron chi connectivity index (χ1n) is 8.18. The Morgan fingerprint density at radius 3 is 3.09 bits per heavy atom. The second kappa shape index (κ2) is 4.80. The van der Waals surface area contributed by atoms with Crippen LogP contribution in [0.2, 0.25) is 0 Å². The topological polar surface area (TPSA) is 70.1 Å². The van der Waals surface area contributed by atoms with Crippen LogP contribution in [-0.4, -0.2) is 70.7 Å². The zero-order valence-electron chi connectivity index (χ0n) is 12.8. The first-order valence-corrected chi connectivity index (χ1v) is 8.18. The molecule has 0 aromatic rings. The number of likely N-dealkylation sites (tertiary alicyclic amines) is 2. The third kappa shape index (κ3) is 1.80. The summed E-state index contributed by atoms with van der Waals surface area (Å²) in [6.07, 6.45) is 5.58. The van der Waals surface area contributed by atoms with E-state index in [1.165, 1.54) is 6.42 Å². The van der Waals surface area contributed by atoms with Crippen LogP contribution in [0.25, 0.3) is 0 Å². The maximum atomic E-state index is 12.8. The second-order valence-corrected chi connectivity index (χ2v) is 6.88. The number of nitrogens with zero attached hydrogens (tertiary/aromatic N) is 2. The highest BCUT2D eigenvalue weighted by Gasteiger charge is 2.67. The fourth-order valence-electron chi connectivity index (χ4n) is 4.79. The third-order valence-electron chi connectivity index (χ3n) is 5.80. The largest absolute Gasteiger partial charge is 0.481 e. The molecule has 0 unspecified atom stereocenters. The van der Waals surface area contributed by atoms with Crippen molar-refractivity contribution in [2.45, 2.75) is 37.5 Å². The molecule has 5 atom stereocenters. The van der Waals surface area contributed by atoms with Gasteiger partial charge in [-0.2, -0.15) is 0 Å². The number of ether oxygens (including phenoxy) is 1. The van der Waals surface area contributed by atoms with Crippen LogP contribution >= 0.6 is 0 Å². The van der Waals surface area contributed by atoms with Gasteiger partial charge in [-0.25, -0.2) is 0 Å². The molecule has 6 nitrogen and oxygen atoms in total. The molecule has 0 aromatic carbocycles. The van der Waals surface area contributed by atoms with Crippen LogP contribution in [0, 0.1) is 11.8 Å². The molecule has 4 aliphatic heterocycles. The third-order valence-corrected chi connectivity index (χ3v) is 5.80. The highest BCUT2D eigenvalue weighted by atomic mass is 16.5. The Hall–Kier alpha value is -1.40. The van der Waals surface area contributed by atoms with E-state index in [0.717, 1.165) is 19.5 Å². The van der Waals surface area contributed by atoms with Crippen molar-refractivity contribution in [1.29, 1.82) is 0 Å². The number of hydrogen-bond donors (Lipinski definition) is 1. The van der Waals surface area contributed by atoms with E-state index in [2.05, 4.69) is 11.8 Å². The van der Waals surface area contributed by atoms with E-state index < -0.39 is 29.5 Å². The molecule has 6 heteroatoms. The van der Waals surface area contributed by atoms with Gasteiger partial charge in [0.25, 0.3) is 0 Å². The van der Waals surface area contributed by atoms with Crippen molar-refractivity contribution in [2.24, 2.45) is 11.8 Å². The van der Waals surface area contributed by atoms with E-state index in [0.29, 0.717) is 19.1 Å². The van der Waals surface area contributed by atoms with Crippen molar-refractivity contribution in [3.8, 4) is 0 Å². The van der Waals surface area contributed by atoms with Crippen LogP contribution in [0.3, 0.4) is 0 Å². The number of carbonyl (C=O) groups is 2. The maximum absolute atomic E-state index is 12.8. The lowest BCUT2D eigenvalue weighted by atomic mass is 9.77. The van der Waals surface area contributed by atoms with Gasteiger partial charge in [-0.15, -0.1) is 0 Å². The summed E-state index contributed by atoms with van der Waals surface area (Å²) in [6.45, 7) is 5.43. The summed E-state index contributed by atoms with van der Waals surface area (Å²) in [6, 6.07) is 0.397. The summed E-state index contributed by atoms with van der Waals surface area (Å²) in [5.41, 5.74) is -0.694. The number of aliphatic carboxylic acids is 1. The summed E-state index contributed by atoms with van der Waals surface area (Å²) < 4.78 is 5.91. The van der Waals surface area contributed by atoms with E-state index in [9.17, 15) is 14.7 Å². The molecular formula is C16H22N2O4. The van der Waals surface area contributed by atoms with Gasteiger partial charge in [-0.3, -0.25) is 14.5 Å². The normalized spacial score (nSPS) is 43.3. The monoisotopic (exact) mass is 306 g/mol. The molecule has 4 heterocycles. The van der Waals surface area contributed by atoms with Crippen molar-refractivity contribution in [3.63, 3.8) is 0 Å². The zero-order valence-corrected chi connectivity index (χ0v) is 12.8. The van der Waals surface area contributed by atoms with Crippen LogP contribution < -0.4 is 0 Å². The minimum Gasteiger partial charge on any atom is -0.481 e. The van der Waals surface area contributed by atoms with E-state index in [1.54, 1.807) is 0 Å². The Balaban J connectivity index is 1.55. The van der Waals surface area contributed by atoms with Crippen LogP contribution in [0.1, 0.15) is 19.8 Å². The highest BCUT2D eigenvalue weighted by Crippen LogP contribution is 2.51. The fraction of sp³-hybridized carbons (Fsp3) is 0.750. The Labute approximate surface area is 129 Å². The minimum atomic E-state index is -0.924. The number of carbonyl (C=O) groups excluding carboxylic acids is 1. The molecule has 4 aliphatic rings. The molecule has 0 radical (unpaired) electrons. The van der Waals surface area contributed by atoms with Gasteiger partial charge in [0, 0.05) is 12.6 Å². The number of carboxylic acid groups (broad SMARTS) is 1. The van der Waals surface area contributed by atoms with Gasteiger partial charge in [-0.1, -0.05) is 19.1 Å². The van der Waals surface area contributed by atoms with Crippen molar-refractivity contribution in [2.75, 3.05) is 26.2 Å². The van der Waals surface area contributed by atoms with Crippen LogP contribution in [-0.2, 0) is 14.3 Å². The Bertz CT molecular complexity index is 548. The van der Waals surface area contributed by atoms with Crippen molar-refractivity contribution < 1.29 is 19.4 Å². The van der Waals surface area contributed by atoms with Gasteiger partial charge in [0.2, 0.25) is 5.91 Å². The number of carboxylic acids is 1. The number of rotatable bonds is 4. The first-order chi connectivity index (χ1) is 10.6. The zero-order chi connectivity index (χ0) is 15.5. The fourth-order valence-corrected chi connectivity index (χ4v) is 4.79. The summed E-state index contributed by atoms with van der Waals surface area (Å²) in [5, 5.41) is 9.45. The van der Waals surface area contributed by atoms with Crippen molar-refractivity contribution >= 4 is 11.9 Å². The van der Waals surface area contributed by atoms with Crippen molar-refractivity contribution in [3.05, 3.63) is 12.2 Å². The lowest BCUT2D eigenvalue weighted by molar-refractivity contribution is -0.148. The second-order valence-electron chi connectivity index (χ2n) is 6.88. The van der Waals surface area contributed by atoms with Gasteiger partial charge in [0.15, 0.2) is 0 Å². The number of fused-ring (bicyclic) bond motifs is 1. The van der Waals surface area contributed by atoms with Gasteiger partial charge in [0.1, 0.15) is 11.5 Å². The minimum absolute atomic E-state index is 0.0396. The summed E-state index contributed by atoms with van der Waals surface area (Å²) in [4.78, 5) is 28.6. The number of hydrogen-bond acceptors (Lipinski definition) is 4. The SMILES string of the molecule is CCN1CCC[C@@H]1CN1C[C@@]23C=C[C@@H](O2)[C@H](C(=O)O)[C@H]3C1=O. The predicted octanol–water partition coefficient (Wildman–Crippen LogP) is 0.337. The standard InChI is InChI=1S/C16H22N2O4/c1-2-17-7-3-4-10(17)8-18-9-16-6-5-11(22-16)12(15(20)21)13(16)14(18)19/h5-6,10-13H,2-4,7-9H2,1H3,(H,20,21)/t10-,11-,12+,13+,16-/m1/s1. The lowest BCUT2D eigenvalue weighted by Crippen LogP contribution is -2.43. The van der Waals surface area contributed by atoms with Crippen LogP contribution in [0.4, 0.5) is 0 Å². The summed E-state index contributed by atoms with van der Waals surface area (Å²) in [7, 11) is 0.